The first-order chi connectivity index (χ1) is 9.67. The number of methoxy groups -OCH3 is 1. The molecule has 0 fully saturated rings. The maximum atomic E-state index is 9.46. The van der Waals surface area contributed by atoms with E-state index >= 15 is 0 Å². The molecular formula is C16H16N2O2. The van der Waals surface area contributed by atoms with E-state index in [1.807, 2.05) is 35.9 Å². The Morgan fingerprint density at radius 2 is 2.10 bits per heavy atom. The van der Waals surface area contributed by atoms with Crippen LogP contribution >= 0.6 is 0 Å². The molecule has 0 saturated heterocycles. The van der Waals surface area contributed by atoms with Crippen LogP contribution in [0.15, 0.2) is 42.6 Å². The van der Waals surface area contributed by atoms with Gasteiger partial charge in [-0.25, -0.2) is 0 Å². The molecule has 4 heteroatoms. The van der Waals surface area contributed by atoms with Gasteiger partial charge in [0.15, 0.2) is 0 Å². The highest BCUT2D eigenvalue weighted by Crippen LogP contribution is 2.25. The average Bonchev–Trinajstić information content (AvgIpc) is 2.77. The van der Waals surface area contributed by atoms with E-state index in [4.69, 9.17) is 4.74 Å². The summed E-state index contributed by atoms with van der Waals surface area (Å²) in [7, 11) is 3.55. The van der Waals surface area contributed by atoms with Gasteiger partial charge in [-0.15, -0.1) is 0 Å². The predicted molar refractivity (Wildman–Crippen MR) is 78.2 cm³/mol. The van der Waals surface area contributed by atoms with Crippen molar-refractivity contribution in [3.63, 3.8) is 0 Å². The second kappa shape index (κ2) is 4.89. The zero-order chi connectivity index (χ0) is 14.1. The fourth-order valence-electron chi connectivity index (χ4n) is 2.42. The minimum absolute atomic E-state index is 0.0558. The maximum Gasteiger partial charge on any atom is 0.229 e. The van der Waals surface area contributed by atoms with E-state index in [1.165, 1.54) is 5.39 Å². The van der Waals surface area contributed by atoms with Crippen LogP contribution in [0.4, 0.5) is 0 Å². The molecule has 0 aliphatic heterocycles. The standard InChI is InChI=1S/C16H16N2O2/c1-18-10-16(19)17-15(18)8-12-5-3-4-11-6-7-13(20-2)9-14(11)12/h3-7,9-10,19H,8H2,1-2H3. The van der Waals surface area contributed by atoms with Gasteiger partial charge in [-0.1, -0.05) is 24.3 Å². The van der Waals surface area contributed by atoms with Crippen molar-refractivity contribution in [2.24, 2.45) is 7.05 Å². The molecule has 3 aromatic rings. The summed E-state index contributed by atoms with van der Waals surface area (Å²) in [4.78, 5) is 4.14. The lowest BCUT2D eigenvalue weighted by Gasteiger charge is -2.08. The molecule has 0 radical (unpaired) electrons. The summed E-state index contributed by atoms with van der Waals surface area (Å²) in [6, 6.07) is 12.2. The highest BCUT2D eigenvalue weighted by atomic mass is 16.5. The van der Waals surface area contributed by atoms with Gasteiger partial charge in [0.25, 0.3) is 0 Å². The van der Waals surface area contributed by atoms with Gasteiger partial charge < -0.3 is 14.4 Å². The smallest absolute Gasteiger partial charge is 0.229 e. The van der Waals surface area contributed by atoms with E-state index in [0.717, 1.165) is 22.5 Å². The third kappa shape index (κ3) is 2.20. The van der Waals surface area contributed by atoms with E-state index in [1.54, 1.807) is 13.3 Å². The fraction of sp³-hybridized carbons (Fsp3) is 0.188. The molecule has 20 heavy (non-hydrogen) atoms. The summed E-state index contributed by atoms with van der Waals surface area (Å²) in [5.41, 5.74) is 1.16. The number of hydrogen-bond acceptors (Lipinski definition) is 3. The van der Waals surface area contributed by atoms with Crippen LogP contribution in [0.25, 0.3) is 10.8 Å². The van der Waals surface area contributed by atoms with Gasteiger partial charge in [0.2, 0.25) is 5.88 Å². The van der Waals surface area contributed by atoms with E-state index in [-0.39, 0.29) is 5.88 Å². The Kier molecular flexibility index (Phi) is 3.06. The molecule has 1 N–H and O–H groups in total. The van der Waals surface area contributed by atoms with E-state index in [9.17, 15) is 5.11 Å². The fourth-order valence-corrected chi connectivity index (χ4v) is 2.42. The van der Waals surface area contributed by atoms with Crippen molar-refractivity contribution in [2.75, 3.05) is 7.11 Å². The summed E-state index contributed by atoms with van der Waals surface area (Å²) in [5.74, 6) is 1.73. The molecule has 1 aromatic heterocycles. The van der Waals surface area contributed by atoms with Crippen molar-refractivity contribution in [2.45, 2.75) is 6.42 Å². The molecule has 3 rings (SSSR count). The average molecular weight is 268 g/mol. The van der Waals surface area contributed by atoms with Gasteiger partial charge in [-0.3, -0.25) is 0 Å². The number of ether oxygens (including phenoxy) is 1. The Hall–Kier alpha value is -2.49. The van der Waals surface area contributed by atoms with Crippen molar-refractivity contribution in [3.05, 3.63) is 54.0 Å². The van der Waals surface area contributed by atoms with Gasteiger partial charge in [-0.05, 0) is 28.5 Å². The number of aryl methyl sites for hydroxylation is 1. The minimum Gasteiger partial charge on any atom is -0.497 e. The lowest BCUT2D eigenvalue weighted by molar-refractivity contribution is 0.415. The lowest BCUT2D eigenvalue weighted by Crippen LogP contribution is -1.99. The first-order valence-electron chi connectivity index (χ1n) is 6.44. The van der Waals surface area contributed by atoms with Crippen LogP contribution in [0.1, 0.15) is 11.4 Å². The Balaban J connectivity index is 2.08. The number of nitrogens with zero attached hydrogens (tertiary/aromatic N) is 2. The van der Waals surface area contributed by atoms with Gasteiger partial charge in [0, 0.05) is 13.5 Å². The van der Waals surface area contributed by atoms with Gasteiger partial charge >= 0.3 is 0 Å². The molecule has 102 valence electrons. The molecule has 0 aliphatic rings. The third-order valence-electron chi connectivity index (χ3n) is 3.49. The van der Waals surface area contributed by atoms with Gasteiger partial charge in [0.1, 0.15) is 11.6 Å². The molecular weight excluding hydrogens is 252 g/mol. The van der Waals surface area contributed by atoms with Crippen LogP contribution in [0.2, 0.25) is 0 Å². The van der Waals surface area contributed by atoms with E-state index in [0.29, 0.717) is 6.42 Å². The summed E-state index contributed by atoms with van der Waals surface area (Å²) in [5, 5.41) is 11.8. The first kappa shape index (κ1) is 12.5. The lowest BCUT2D eigenvalue weighted by atomic mass is 10.0. The summed E-state index contributed by atoms with van der Waals surface area (Å²) in [6.07, 6.45) is 2.28. The highest BCUT2D eigenvalue weighted by Gasteiger charge is 2.08. The number of aromatic hydroxyl groups is 1. The predicted octanol–water partition coefficient (Wildman–Crippen LogP) is 2.88. The highest BCUT2D eigenvalue weighted by molar-refractivity contribution is 5.87. The first-order valence-corrected chi connectivity index (χ1v) is 6.44. The van der Waals surface area contributed by atoms with Crippen molar-refractivity contribution in [1.82, 2.24) is 9.55 Å². The van der Waals surface area contributed by atoms with Gasteiger partial charge in [0.05, 0.1) is 13.3 Å². The molecule has 0 aliphatic carbocycles. The second-order valence-electron chi connectivity index (χ2n) is 4.81. The maximum absolute atomic E-state index is 9.46. The zero-order valence-corrected chi connectivity index (χ0v) is 11.5. The van der Waals surface area contributed by atoms with Crippen molar-refractivity contribution < 1.29 is 9.84 Å². The number of rotatable bonds is 3. The van der Waals surface area contributed by atoms with Crippen LogP contribution in [0, 0.1) is 0 Å². The Morgan fingerprint density at radius 1 is 1.25 bits per heavy atom. The molecule has 0 bridgehead atoms. The van der Waals surface area contributed by atoms with Crippen LogP contribution < -0.4 is 4.74 Å². The van der Waals surface area contributed by atoms with Crippen LogP contribution in [0.5, 0.6) is 11.6 Å². The Morgan fingerprint density at radius 3 is 2.80 bits per heavy atom. The number of imidazole rings is 1. The molecule has 0 atom stereocenters. The molecule has 0 amide bonds. The van der Waals surface area contributed by atoms with Crippen molar-refractivity contribution in [3.8, 4) is 11.6 Å². The van der Waals surface area contributed by atoms with Crippen molar-refractivity contribution in [1.29, 1.82) is 0 Å². The third-order valence-corrected chi connectivity index (χ3v) is 3.49. The summed E-state index contributed by atoms with van der Waals surface area (Å²) < 4.78 is 7.14. The molecule has 0 unspecified atom stereocenters. The Labute approximate surface area is 117 Å². The number of benzene rings is 2. The van der Waals surface area contributed by atoms with Crippen LogP contribution in [0.3, 0.4) is 0 Å². The second-order valence-corrected chi connectivity index (χ2v) is 4.81. The zero-order valence-electron chi connectivity index (χ0n) is 11.5. The molecule has 0 saturated carbocycles. The number of hydrogen-bond donors (Lipinski definition) is 1. The number of aromatic nitrogens is 2. The summed E-state index contributed by atoms with van der Waals surface area (Å²) >= 11 is 0. The van der Waals surface area contributed by atoms with Crippen LogP contribution in [-0.2, 0) is 13.5 Å². The largest absolute Gasteiger partial charge is 0.497 e. The van der Waals surface area contributed by atoms with Gasteiger partial charge in [-0.2, -0.15) is 4.98 Å². The van der Waals surface area contributed by atoms with E-state index in [2.05, 4.69) is 17.1 Å². The quantitative estimate of drug-likeness (QED) is 0.794. The minimum atomic E-state index is 0.0558. The molecule has 2 aromatic carbocycles. The SMILES string of the molecule is COc1ccc2cccc(Cc3nc(O)cn3C)c2c1. The Bertz CT molecular complexity index is 762. The molecule has 0 spiro atoms. The van der Waals surface area contributed by atoms with E-state index < -0.39 is 0 Å². The molecule has 1 heterocycles. The molecule has 4 nitrogen and oxygen atoms in total. The topological polar surface area (TPSA) is 47.3 Å². The van der Waals surface area contributed by atoms with Crippen molar-refractivity contribution >= 4 is 10.8 Å². The number of fused-ring (bicyclic) bond motifs is 1. The monoisotopic (exact) mass is 268 g/mol. The van der Waals surface area contributed by atoms with Crippen LogP contribution in [-0.4, -0.2) is 21.8 Å². The normalized spacial score (nSPS) is 10.9. The summed E-state index contributed by atoms with van der Waals surface area (Å²) in [6.45, 7) is 0.